The molecule has 3 rings (SSSR count). The third-order valence-electron chi connectivity index (χ3n) is 6.05. The highest BCUT2D eigenvalue weighted by Crippen LogP contribution is 2.14. The number of carbonyl (C=O) groups is 3. The van der Waals surface area contributed by atoms with Gasteiger partial charge in [-0.2, -0.15) is 0 Å². The van der Waals surface area contributed by atoms with Crippen LogP contribution >= 0.6 is 0 Å². The first kappa shape index (κ1) is 26.2. The van der Waals surface area contributed by atoms with Crippen LogP contribution < -0.4 is 10.6 Å². The van der Waals surface area contributed by atoms with Gasteiger partial charge in [-0.15, -0.1) is 0 Å². The van der Waals surface area contributed by atoms with E-state index in [-0.39, 0.29) is 31.5 Å². The lowest BCUT2D eigenvalue weighted by molar-refractivity contribution is -0.149. The van der Waals surface area contributed by atoms with Crippen LogP contribution in [-0.4, -0.2) is 48.2 Å². The zero-order chi connectivity index (χ0) is 25.0. The predicted octanol–water partition coefficient (Wildman–Crippen LogP) is 2.58. The number of nitrogens with one attached hydrogen (secondary N) is 2. The van der Waals surface area contributed by atoms with Crippen molar-refractivity contribution in [3.8, 4) is 0 Å². The fraction of sp³-hybridized carbons (Fsp3) is 0.393. The highest BCUT2D eigenvalue weighted by Gasteiger charge is 2.30. The first-order valence-electron chi connectivity index (χ1n) is 12.1. The van der Waals surface area contributed by atoms with Crippen molar-refractivity contribution in [3.63, 3.8) is 0 Å². The number of aliphatic hydroxyl groups is 1. The second kappa shape index (κ2) is 13.4. The summed E-state index contributed by atoms with van der Waals surface area (Å²) in [6.07, 6.45) is 5.14. The summed E-state index contributed by atoms with van der Waals surface area (Å²) >= 11 is 0. The van der Waals surface area contributed by atoms with Gasteiger partial charge in [0.15, 0.2) is 0 Å². The summed E-state index contributed by atoms with van der Waals surface area (Å²) in [5.74, 6) is -2.49. The van der Waals surface area contributed by atoms with Crippen molar-refractivity contribution in [1.29, 1.82) is 0 Å². The summed E-state index contributed by atoms with van der Waals surface area (Å²) in [6.45, 7) is 1.58. The number of aliphatic hydroxyl groups excluding tert-OH is 1. The first-order chi connectivity index (χ1) is 17.0. The molecular formula is C28H34N2O5. The Morgan fingerprint density at radius 1 is 1.03 bits per heavy atom. The molecule has 7 heteroatoms. The van der Waals surface area contributed by atoms with Crippen molar-refractivity contribution in [2.75, 3.05) is 13.2 Å². The minimum absolute atomic E-state index is 0.0229. The number of rotatable bonds is 7. The van der Waals surface area contributed by atoms with Crippen LogP contribution in [0, 0.1) is 11.8 Å². The number of hydrogen-bond donors (Lipinski definition) is 3. The van der Waals surface area contributed by atoms with Crippen LogP contribution in [0.2, 0.25) is 0 Å². The van der Waals surface area contributed by atoms with Crippen molar-refractivity contribution in [3.05, 3.63) is 83.9 Å². The molecule has 7 nitrogen and oxygen atoms in total. The van der Waals surface area contributed by atoms with Gasteiger partial charge in [0.1, 0.15) is 12.5 Å². The van der Waals surface area contributed by atoms with Crippen LogP contribution in [-0.2, 0) is 32.0 Å². The highest BCUT2D eigenvalue weighted by molar-refractivity contribution is 6.00. The van der Waals surface area contributed by atoms with Crippen molar-refractivity contribution >= 4 is 17.8 Å². The molecule has 0 aromatic heterocycles. The molecule has 2 aromatic rings. The number of carbonyl (C=O) groups excluding carboxylic acids is 3. The maximum Gasteiger partial charge on any atom is 0.309 e. The molecule has 0 fully saturated rings. The van der Waals surface area contributed by atoms with Gasteiger partial charge in [-0.1, -0.05) is 79.7 Å². The van der Waals surface area contributed by atoms with Gasteiger partial charge in [0.2, 0.25) is 11.8 Å². The van der Waals surface area contributed by atoms with Gasteiger partial charge in [0.25, 0.3) is 0 Å². The fourth-order valence-corrected chi connectivity index (χ4v) is 4.00. The zero-order valence-corrected chi connectivity index (χ0v) is 20.1. The molecule has 1 aliphatic rings. The van der Waals surface area contributed by atoms with Crippen LogP contribution in [0.5, 0.6) is 0 Å². The molecular weight excluding hydrogens is 444 g/mol. The molecule has 3 unspecified atom stereocenters. The van der Waals surface area contributed by atoms with E-state index < -0.39 is 29.8 Å². The maximum atomic E-state index is 13.2. The van der Waals surface area contributed by atoms with Crippen molar-refractivity contribution in [2.24, 2.45) is 11.8 Å². The Morgan fingerprint density at radius 2 is 1.66 bits per heavy atom. The van der Waals surface area contributed by atoms with E-state index in [1.54, 1.807) is 19.1 Å². The molecule has 186 valence electrons. The second-order valence-electron chi connectivity index (χ2n) is 9.00. The van der Waals surface area contributed by atoms with E-state index in [1.807, 2.05) is 60.7 Å². The van der Waals surface area contributed by atoms with Crippen LogP contribution in [0.4, 0.5) is 0 Å². The Kier molecular flexibility index (Phi) is 10.0. The van der Waals surface area contributed by atoms with Crippen LogP contribution in [0.25, 0.3) is 0 Å². The van der Waals surface area contributed by atoms with Gasteiger partial charge < -0.3 is 20.5 Å². The SMILES string of the molecule is CC1CC=CCC(C(=O)N[C@@H](CO)Cc2ccccc2)C(=O)NC(Cc2ccccc2)COC1=O. The summed E-state index contributed by atoms with van der Waals surface area (Å²) in [6, 6.07) is 18.2. The number of esters is 1. The summed E-state index contributed by atoms with van der Waals surface area (Å²) in [4.78, 5) is 38.7. The van der Waals surface area contributed by atoms with Crippen molar-refractivity contribution < 1.29 is 24.2 Å². The molecule has 0 spiro atoms. The molecule has 2 amide bonds. The molecule has 0 radical (unpaired) electrons. The number of amides is 2. The predicted molar refractivity (Wildman–Crippen MR) is 133 cm³/mol. The molecule has 0 saturated heterocycles. The van der Waals surface area contributed by atoms with Gasteiger partial charge >= 0.3 is 5.97 Å². The molecule has 0 saturated carbocycles. The third-order valence-corrected chi connectivity index (χ3v) is 6.05. The van der Waals surface area contributed by atoms with Gasteiger partial charge in [-0.3, -0.25) is 14.4 Å². The Morgan fingerprint density at radius 3 is 2.31 bits per heavy atom. The lowest BCUT2D eigenvalue weighted by Crippen LogP contribution is -2.50. The molecule has 1 heterocycles. The first-order valence-corrected chi connectivity index (χ1v) is 12.1. The molecule has 2 aromatic carbocycles. The monoisotopic (exact) mass is 478 g/mol. The van der Waals surface area contributed by atoms with E-state index in [0.29, 0.717) is 19.3 Å². The average Bonchev–Trinajstić information content (AvgIpc) is 2.86. The average molecular weight is 479 g/mol. The Balaban J connectivity index is 1.75. The summed E-state index contributed by atoms with van der Waals surface area (Å²) in [5.41, 5.74) is 1.96. The lowest BCUT2D eigenvalue weighted by atomic mass is 9.98. The summed E-state index contributed by atoms with van der Waals surface area (Å²) < 4.78 is 5.48. The van der Waals surface area contributed by atoms with Crippen molar-refractivity contribution in [1.82, 2.24) is 10.6 Å². The molecule has 1 aliphatic heterocycles. The number of cyclic esters (lactones) is 1. The van der Waals surface area contributed by atoms with Crippen LogP contribution in [0.15, 0.2) is 72.8 Å². The standard InChI is InChI=1S/C28H34N2O5/c1-20-10-8-9-15-25(26(32)29-23(18-31)16-21-11-4-2-5-12-21)27(33)30-24(19-35-28(20)34)17-22-13-6-3-7-14-22/h2-9,11-14,20,23-25,31H,10,15-19H2,1H3,(H,29,32)(H,30,33)/t20?,23-,24?,25?/m1/s1. The third kappa shape index (κ3) is 8.37. The molecule has 0 bridgehead atoms. The minimum Gasteiger partial charge on any atom is -0.463 e. The Hall–Kier alpha value is -3.45. The number of hydrogen-bond acceptors (Lipinski definition) is 5. The lowest BCUT2D eigenvalue weighted by Gasteiger charge is -2.25. The molecule has 4 atom stereocenters. The number of allylic oxidation sites excluding steroid dienone is 2. The molecule has 3 N–H and O–H groups in total. The van der Waals surface area contributed by atoms with Gasteiger partial charge in [-0.25, -0.2) is 0 Å². The van der Waals surface area contributed by atoms with Crippen LogP contribution in [0.1, 0.15) is 30.9 Å². The number of ether oxygens (including phenoxy) is 1. The van der Waals surface area contributed by atoms with Gasteiger partial charge in [0, 0.05) is 0 Å². The zero-order valence-electron chi connectivity index (χ0n) is 20.1. The van der Waals surface area contributed by atoms with E-state index >= 15 is 0 Å². The smallest absolute Gasteiger partial charge is 0.309 e. The Labute approximate surface area is 206 Å². The van der Waals surface area contributed by atoms with Crippen LogP contribution in [0.3, 0.4) is 0 Å². The van der Waals surface area contributed by atoms with E-state index in [9.17, 15) is 19.5 Å². The van der Waals surface area contributed by atoms with E-state index in [1.165, 1.54) is 0 Å². The maximum absolute atomic E-state index is 13.2. The van der Waals surface area contributed by atoms with Crippen molar-refractivity contribution in [2.45, 2.75) is 44.7 Å². The second-order valence-corrected chi connectivity index (χ2v) is 9.00. The van der Waals surface area contributed by atoms with Gasteiger partial charge in [-0.05, 0) is 36.8 Å². The topological polar surface area (TPSA) is 105 Å². The summed E-state index contributed by atoms with van der Waals surface area (Å²) in [5, 5.41) is 15.6. The van der Waals surface area contributed by atoms with Gasteiger partial charge in [0.05, 0.1) is 24.6 Å². The highest BCUT2D eigenvalue weighted by atomic mass is 16.5. The van der Waals surface area contributed by atoms with E-state index in [0.717, 1.165) is 11.1 Å². The minimum atomic E-state index is -0.972. The largest absolute Gasteiger partial charge is 0.463 e. The fourth-order valence-electron chi connectivity index (χ4n) is 4.00. The normalized spacial score (nSPS) is 22.2. The van der Waals surface area contributed by atoms with E-state index in [2.05, 4.69) is 10.6 Å². The Bertz CT molecular complexity index is 993. The molecule has 0 aliphatic carbocycles. The quantitative estimate of drug-likeness (QED) is 0.322. The molecule has 35 heavy (non-hydrogen) atoms. The van der Waals surface area contributed by atoms with E-state index in [4.69, 9.17) is 4.74 Å². The number of benzene rings is 2. The summed E-state index contributed by atoms with van der Waals surface area (Å²) in [7, 11) is 0.